The van der Waals surface area contributed by atoms with E-state index >= 15 is 0 Å². The van der Waals surface area contributed by atoms with E-state index in [0.717, 1.165) is 0 Å². The number of aliphatic hydroxyl groups excluding tert-OH is 1. The van der Waals surface area contributed by atoms with Crippen LogP contribution in [0, 0.1) is 0 Å². The Morgan fingerprint density at radius 3 is 2.29 bits per heavy atom. The van der Waals surface area contributed by atoms with Gasteiger partial charge in [0.1, 0.15) is 5.60 Å². The van der Waals surface area contributed by atoms with Crippen molar-refractivity contribution >= 4 is 5.97 Å². The molecule has 0 bridgehead atoms. The van der Waals surface area contributed by atoms with Gasteiger partial charge in [0.2, 0.25) is 0 Å². The summed E-state index contributed by atoms with van der Waals surface area (Å²) in [7, 11) is 0. The van der Waals surface area contributed by atoms with E-state index in [-0.39, 0.29) is 31.8 Å². The molecule has 4 N–H and O–H groups in total. The molecule has 14 heavy (non-hydrogen) atoms. The minimum absolute atomic E-state index is 0. The SMILES string of the molecule is CC(C)(C)OC(=O)CCOCCO.N. The lowest BCUT2D eigenvalue weighted by atomic mass is 10.2. The van der Waals surface area contributed by atoms with Crippen molar-refractivity contribution in [3.05, 3.63) is 0 Å². The third-order valence-corrected chi connectivity index (χ3v) is 1.11. The van der Waals surface area contributed by atoms with Crippen molar-refractivity contribution in [3.8, 4) is 0 Å². The molecule has 0 fully saturated rings. The molecule has 0 heterocycles. The molecular weight excluding hydrogens is 186 g/mol. The van der Waals surface area contributed by atoms with Gasteiger partial charge in [0.05, 0.1) is 26.2 Å². The quantitative estimate of drug-likeness (QED) is 0.516. The number of carbonyl (C=O) groups excluding carboxylic acids is 1. The molecule has 0 saturated carbocycles. The van der Waals surface area contributed by atoms with Gasteiger partial charge in [0.25, 0.3) is 0 Å². The standard InChI is InChI=1S/C9H18O4.H3N/c1-9(2,3)13-8(11)4-6-12-7-5-10;/h10H,4-7H2,1-3H3;1H3. The lowest BCUT2D eigenvalue weighted by Crippen LogP contribution is -2.24. The summed E-state index contributed by atoms with van der Waals surface area (Å²) < 4.78 is 9.95. The molecule has 0 aliphatic heterocycles. The smallest absolute Gasteiger partial charge is 0.308 e. The fourth-order valence-corrected chi connectivity index (χ4v) is 0.715. The summed E-state index contributed by atoms with van der Waals surface area (Å²) in [6.07, 6.45) is 0.233. The fourth-order valence-electron chi connectivity index (χ4n) is 0.715. The minimum atomic E-state index is -0.436. The predicted octanol–water partition coefficient (Wildman–Crippen LogP) is 0.889. The van der Waals surface area contributed by atoms with Crippen molar-refractivity contribution in [3.63, 3.8) is 0 Å². The number of ether oxygens (including phenoxy) is 2. The largest absolute Gasteiger partial charge is 0.460 e. The van der Waals surface area contributed by atoms with Gasteiger partial charge in [-0.05, 0) is 20.8 Å². The number of rotatable bonds is 5. The maximum atomic E-state index is 11.1. The van der Waals surface area contributed by atoms with Crippen LogP contribution in [0.5, 0.6) is 0 Å². The molecule has 0 spiro atoms. The Hall–Kier alpha value is -0.650. The topological polar surface area (TPSA) is 90.8 Å². The Morgan fingerprint density at radius 2 is 1.86 bits per heavy atom. The fraction of sp³-hybridized carbons (Fsp3) is 0.889. The van der Waals surface area contributed by atoms with Crippen molar-refractivity contribution in [1.82, 2.24) is 6.15 Å². The summed E-state index contributed by atoms with van der Waals surface area (Å²) >= 11 is 0. The third-order valence-electron chi connectivity index (χ3n) is 1.11. The van der Waals surface area contributed by atoms with Crippen LogP contribution in [-0.2, 0) is 14.3 Å². The predicted molar refractivity (Wildman–Crippen MR) is 53.4 cm³/mol. The molecule has 0 radical (unpaired) electrons. The van der Waals surface area contributed by atoms with E-state index in [1.807, 2.05) is 20.8 Å². The molecule has 0 saturated heterocycles. The van der Waals surface area contributed by atoms with Gasteiger partial charge in [-0.3, -0.25) is 4.79 Å². The number of hydrogen-bond acceptors (Lipinski definition) is 5. The molecule has 0 amide bonds. The Morgan fingerprint density at radius 1 is 1.29 bits per heavy atom. The summed E-state index contributed by atoms with van der Waals surface area (Å²) in [5.41, 5.74) is -0.436. The van der Waals surface area contributed by atoms with Crippen LogP contribution in [0.1, 0.15) is 27.2 Å². The van der Waals surface area contributed by atoms with E-state index in [9.17, 15) is 4.79 Å². The van der Waals surface area contributed by atoms with Gasteiger partial charge >= 0.3 is 5.97 Å². The van der Waals surface area contributed by atoms with E-state index in [2.05, 4.69) is 0 Å². The first-order chi connectivity index (χ1) is 5.95. The highest BCUT2D eigenvalue weighted by Gasteiger charge is 2.15. The van der Waals surface area contributed by atoms with Gasteiger partial charge in [0, 0.05) is 0 Å². The van der Waals surface area contributed by atoms with E-state index in [1.165, 1.54) is 0 Å². The molecule has 0 aromatic heterocycles. The molecule has 0 rings (SSSR count). The first kappa shape index (κ1) is 15.8. The number of carbonyl (C=O) groups is 1. The monoisotopic (exact) mass is 207 g/mol. The van der Waals surface area contributed by atoms with Crippen LogP contribution in [0.2, 0.25) is 0 Å². The van der Waals surface area contributed by atoms with Crippen LogP contribution in [0.3, 0.4) is 0 Å². The molecule has 0 aliphatic carbocycles. The molecule has 0 aromatic carbocycles. The first-order valence-electron chi connectivity index (χ1n) is 4.36. The first-order valence-corrected chi connectivity index (χ1v) is 4.36. The highest BCUT2D eigenvalue weighted by Crippen LogP contribution is 2.07. The normalized spacial score (nSPS) is 10.6. The second kappa shape index (κ2) is 7.73. The Kier molecular flexibility index (Phi) is 8.72. The minimum Gasteiger partial charge on any atom is -0.460 e. The molecule has 0 aromatic rings. The Labute approximate surface area is 85.0 Å². The zero-order valence-electron chi connectivity index (χ0n) is 9.21. The molecule has 86 valence electrons. The molecule has 0 atom stereocenters. The summed E-state index contributed by atoms with van der Waals surface area (Å²) in [5.74, 6) is -0.273. The molecule has 5 heteroatoms. The van der Waals surface area contributed by atoms with Gasteiger partial charge in [-0.2, -0.15) is 0 Å². The van der Waals surface area contributed by atoms with Crippen molar-refractivity contribution in [2.75, 3.05) is 19.8 Å². The van der Waals surface area contributed by atoms with Crippen LogP contribution >= 0.6 is 0 Å². The van der Waals surface area contributed by atoms with Gasteiger partial charge in [-0.1, -0.05) is 0 Å². The molecule has 5 nitrogen and oxygen atoms in total. The maximum absolute atomic E-state index is 11.1. The van der Waals surface area contributed by atoms with E-state index < -0.39 is 5.60 Å². The van der Waals surface area contributed by atoms with Crippen LogP contribution in [0.25, 0.3) is 0 Å². The van der Waals surface area contributed by atoms with Gasteiger partial charge in [-0.25, -0.2) is 0 Å². The number of hydrogen-bond donors (Lipinski definition) is 2. The van der Waals surface area contributed by atoms with Gasteiger partial charge in [-0.15, -0.1) is 0 Å². The van der Waals surface area contributed by atoms with Crippen LogP contribution in [0.15, 0.2) is 0 Å². The van der Waals surface area contributed by atoms with E-state index in [0.29, 0.717) is 6.61 Å². The van der Waals surface area contributed by atoms with E-state index in [1.54, 1.807) is 0 Å². The highest BCUT2D eigenvalue weighted by molar-refractivity contribution is 5.69. The van der Waals surface area contributed by atoms with Gasteiger partial charge in [0.15, 0.2) is 0 Å². The second-order valence-electron chi connectivity index (χ2n) is 3.67. The van der Waals surface area contributed by atoms with Crippen molar-refractivity contribution < 1.29 is 19.4 Å². The highest BCUT2D eigenvalue weighted by atomic mass is 16.6. The summed E-state index contributed by atoms with van der Waals surface area (Å²) in [6, 6.07) is 0. The number of esters is 1. The molecule has 0 unspecified atom stereocenters. The summed E-state index contributed by atoms with van der Waals surface area (Å²) in [5, 5.41) is 8.38. The molecular formula is C9H21NO4. The van der Waals surface area contributed by atoms with Crippen LogP contribution < -0.4 is 6.15 Å². The zero-order valence-corrected chi connectivity index (χ0v) is 9.21. The maximum Gasteiger partial charge on any atom is 0.308 e. The number of aliphatic hydroxyl groups is 1. The second-order valence-corrected chi connectivity index (χ2v) is 3.67. The Bertz CT molecular complexity index is 153. The lowest BCUT2D eigenvalue weighted by molar-refractivity contribution is -0.156. The summed E-state index contributed by atoms with van der Waals surface area (Å²) in [6.45, 7) is 6.00. The zero-order chi connectivity index (χ0) is 10.3. The van der Waals surface area contributed by atoms with Crippen LogP contribution in [-0.4, -0.2) is 36.5 Å². The van der Waals surface area contributed by atoms with Crippen molar-refractivity contribution in [1.29, 1.82) is 0 Å². The van der Waals surface area contributed by atoms with Crippen LogP contribution in [0.4, 0.5) is 0 Å². The van der Waals surface area contributed by atoms with E-state index in [4.69, 9.17) is 14.6 Å². The summed E-state index contributed by atoms with van der Waals surface area (Å²) in [4.78, 5) is 11.1. The van der Waals surface area contributed by atoms with Crippen molar-refractivity contribution in [2.45, 2.75) is 32.8 Å². The lowest BCUT2D eigenvalue weighted by Gasteiger charge is -2.19. The average Bonchev–Trinajstić information content (AvgIpc) is 1.94. The average molecular weight is 207 g/mol. The molecule has 0 aliphatic rings. The third kappa shape index (κ3) is 11.4. The Balaban J connectivity index is 0. The van der Waals surface area contributed by atoms with Gasteiger partial charge < -0.3 is 20.7 Å². The van der Waals surface area contributed by atoms with Crippen molar-refractivity contribution in [2.24, 2.45) is 0 Å².